The van der Waals surface area contributed by atoms with Gasteiger partial charge in [0.1, 0.15) is 12.1 Å². The first-order valence-electron chi connectivity index (χ1n) is 9.48. The van der Waals surface area contributed by atoms with Crippen molar-refractivity contribution in [2.75, 3.05) is 5.32 Å². The molecule has 0 aliphatic heterocycles. The molecule has 2 N–H and O–H groups in total. The second kappa shape index (κ2) is 9.41. The summed E-state index contributed by atoms with van der Waals surface area (Å²) in [7, 11) is 0. The van der Waals surface area contributed by atoms with Crippen LogP contribution in [0, 0.1) is 22.7 Å². The highest BCUT2D eigenvalue weighted by molar-refractivity contribution is 6.33. The molecule has 0 fully saturated rings. The van der Waals surface area contributed by atoms with Gasteiger partial charge < -0.3 is 14.8 Å². The highest BCUT2D eigenvalue weighted by atomic mass is 35.5. The van der Waals surface area contributed by atoms with Crippen LogP contribution in [0.25, 0.3) is 11.5 Å². The largest absolute Gasteiger partial charge is 0.418 e. The van der Waals surface area contributed by atoms with E-state index in [1.54, 1.807) is 43.3 Å². The fourth-order valence-electron chi connectivity index (χ4n) is 3.06. The number of nitrogens with zero attached hydrogens (tertiary/aromatic N) is 4. The number of aromatic nitrogens is 2. The molecule has 0 aliphatic carbocycles. The Balaban J connectivity index is 1.93. The van der Waals surface area contributed by atoms with Crippen LogP contribution in [0.2, 0.25) is 5.02 Å². The van der Waals surface area contributed by atoms with Gasteiger partial charge in [-0.15, -0.1) is 10.2 Å². The second-order valence-corrected chi connectivity index (χ2v) is 7.19. The quantitative estimate of drug-likeness (QED) is 0.571. The van der Waals surface area contributed by atoms with Gasteiger partial charge in [-0.3, -0.25) is 0 Å². The molecule has 1 aromatic heterocycles. The van der Waals surface area contributed by atoms with Crippen molar-refractivity contribution in [1.29, 1.82) is 10.5 Å². The third kappa shape index (κ3) is 4.44. The van der Waals surface area contributed by atoms with Crippen LogP contribution in [-0.4, -0.2) is 21.4 Å². The Kier molecular flexibility index (Phi) is 6.68. The van der Waals surface area contributed by atoms with Gasteiger partial charge in [0, 0.05) is 11.3 Å². The molecule has 0 radical (unpaired) electrons. The zero-order valence-electron chi connectivity index (χ0n) is 16.6. The zero-order chi connectivity index (χ0) is 21.7. The first-order valence-corrected chi connectivity index (χ1v) is 9.86. The first-order chi connectivity index (χ1) is 14.5. The number of benzene rings is 2. The van der Waals surface area contributed by atoms with Gasteiger partial charge in [0.15, 0.2) is 0 Å². The maximum Gasteiger partial charge on any atom is 0.247 e. The van der Waals surface area contributed by atoms with E-state index in [-0.39, 0.29) is 11.8 Å². The Labute approximate surface area is 179 Å². The summed E-state index contributed by atoms with van der Waals surface area (Å²) in [5.74, 6) is 0.501. The Morgan fingerprint density at radius 1 is 1.13 bits per heavy atom. The molecule has 3 aromatic rings. The molecule has 0 unspecified atom stereocenters. The molecule has 7 nitrogen and oxygen atoms in total. The molecule has 0 amide bonds. The van der Waals surface area contributed by atoms with E-state index in [1.807, 2.05) is 6.92 Å². The van der Waals surface area contributed by atoms with Crippen LogP contribution in [0.5, 0.6) is 0 Å². The van der Waals surface area contributed by atoms with E-state index in [9.17, 15) is 10.4 Å². The van der Waals surface area contributed by atoms with Crippen molar-refractivity contribution in [2.24, 2.45) is 0 Å². The van der Waals surface area contributed by atoms with E-state index >= 15 is 0 Å². The van der Waals surface area contributed by atoms with Gasteiger partial charge in [0.25, 0.3) is 0 Å². The molecule has 1 heterocycles. The number of hydrogen-bond donors (Lipinski definition) is 2. The summed E-state index contributed by atoms with van der Waals surface area (Å²) in [5, 5.41) is 40.3. The summed E-state index contributed by atoms with van der Waals surface area (Å²) >= 11 is 6.41. The van der Waals surface area contributed by atoms with E-state index in [4.69, 9.17) is 21.3 Å². The highest BCUT2D eigenvalue weighted by Gasteiger charge is 2.25. The van der Waals surface area contributed by atoms with Gasteiger partial charge in [-0.25, -0.2) is 0 Å². The van der Waals surface area contributed by atoms with E-state index in [2.05, 4.69) is 27.7 Å². The van der Waals surface area contributed by atoms with Crippen LogP contribution in [0.4, 0.5) is 5.69 Å². The molecular weight excluding hydrogens is 402 g/mol. The summed E-state index contributed by atoms with van der Waals surface area (Å²) in [6.07, 6.45) is 0.665. The Morgan fingerprint density at radius 3 is 2.47 bits per heavy atom. The van der Waals surface area contributed by atoms with Gasteiger partial charge in [-0.2, -0.15) is 10.5 Å². The number of nitrogens with one attached hydrogen (secondary N) is 1. The summed E-state index contributed by atoms with van der Waals surface area (Å²) < 4.78 is 5.80. The summed E-state index contributed by atoms with van der Waals surface area (Å²) in [6, 6.07) is 13.7. The van der Waals surface area contributed by atoms with E-state index in [1.165, 1.54) is 0 Å². The fourth-order valence-corrected chi connectivity index (χ4v) is 3.36. The summed E-state index contributed by atoms with van der Waals surface area (Å²) in [4.78, 5) is 0. The molecule has 2 aromatic carbocycles. The molecule has 0 saturated carbocycles. The van der Waals surface area contributed by atoms with E-state index in [0.717, 1.165) is 12.0 Å². The molecule has 3 rings (SSSR count). The van der Waals surface area contributed by atoms with Crippen molar-refractivity contribution < 1.29 is 9.52 Å². The standard InChI is InChI=1S/C22H20ClN5O2/c1-3-4-17-18(10-9-16(12-25)19(17)23)26-20(13(2)29)22-28-27-21(30-22)15-7-5-14(11-24)6-8-15/h5-10,13,20,26,29H,3-4H2,1-2H3/t13-,20+/m0/s1. The Hall–Kier alpha value is -3.39. The average molecular weight is 422 g/mol. The third-order valence-corrected chi connectivity index (χ3v) is 5.06. The number of anilines is 1. The zero-order valence-corrected chi connectivity index (χ0v) is 17.3. The van der Waals surface area contributed by atoms with Crippen LogP contribution in [-0.2, 0) is 6.42 Å². The molecule has 0 bridgehead atoms. The van der Waals surface area contributed by atoms with Gasteiger partial charge in [0.2, 0.25) is 11.8 Å². The van der Waals surface area contributed by atoms with Gasteiger partial charge in [-0.1, -0.05) is 24.9 Å². The van der Waals surface area contributed by atoms with Crippen molar-refractivity contribution in [2.45, 2.75) is 38.8 Å². The second-order valence-electron chi connectivity index (χ2n) is 6.81. The molecule has 2 atom stereocenters. The van der Waals surface area contributed by atoms with Crippen molar-refractivity contribution in [3.8, 4) is 23.6 Å². The molecule has 0 aliphatic rings. The van der Waals surface area contributed by atoms with Gasteiger partial charge >= 0.3 is 0 Å². The smallest absolute Gasteiger partial charge is 0.247 e. The van der Waals surface area contributed by atoms with E-state index < -0.39 is 12.1 Å². The SMILES string of the molecule is CCCc1c(N[C@@H](c2nnc(-c3ccc(C#N)cc3)o2)[C@H](C)O)ccc(C#N)c1Cl. The predicted molar refractivity (Wildman–Crippen MR) is 113 cm³/mol. The first kappa shape index (κ1) is 21.3. The van der Waals surface area contributed by atoms with Crippen LogP contribution in [0.1, 0.15) is 48.9 Å². The third-order valence-electron chi connectivity index (χ3n) is 4.62. The van der Waals surface area contributed by atoms with E-state index in [0.29, 0.717) is 33.8 Å². The molecule has 0 saturated heterocycles. The van der Waals surface area contributed by atoms with Crippen LogP contribution >= 0.6 is 11.6 Å². The monoisotopic (exact) mass is 421 g/mol. The van der Waals surface area contributed by atoms with Gasteiger partial charge in [-0.05, 0) is 55.3 Å². The molecule has 30 heavy (non-hydrogen) atoms. The lowest BCUT2D eigenvalue weighted by molar-refractivity contribution is 0.159. The lowest BCUT2D eigenvalue weighted by Crippen LogP contribution is -2.24. The lowest BCUT2D eigenvalue weighted by atomic mass is 10.0. The van der Waals surface area contributed by atoms with Crippen molar-refractivity contribution in [3.05, 3.63) is 64.0 Å². The normalized spacial score (nSPS) is 12.6. The Morgan fingerprint density at radius 2 is 1.87 bits per heavy atom. The summed E-state index contributed by atoms with van der Waals surface area (Å²) in [6.45, 7) is 3.64. The van der Waals surface area contributed by atoms with Crippen LogP contribution in [0.3, 0.4) is 0 Å². The minimum atomic E-state index is -0.844. The molecule has 8 heteroatoms. The number of aliphatic hydroxyl groups excluding tert-OH is 1. The van der Waals surface area contributed by atoms with Crippen molar-refractivity contribution in [1.82, 2.24) is 10.2 Å². The maximum atomic E-state index is 10.4. The molecular formula is C22H20ClN5O2. The number of hydrogen-bond acceptors (Lipinski definition) is 7. The number of aliphatic hydroxyl groups is 1. The molecule has 0 spiro atoms. The Bertz CT molecular complexity index is 1110. The van der Waals surface area contributed by atoms with Crippen LogP contribution in [0.15, 0.2) is 40.8 Å². The van der Waals surface area contributed by atoms with Crippen LogP contribution < -0.4 is 5.32 Å². The lowest BCUT2D eigenvalue weighted by Gasteiger charge is -2.22. The van der Waals surface area contributed by atoms with Gasteiger partial charge in [0.05, 0.1) is 28.3 Å². The van der Waals surface area contributed by atoms with Crippen molar-refractivity contribution >= 4 is 17.3 Å². The fraction of sp³-hybridized carbons (Fsp3) is 0.273. The summed E-state index contributed by atoms with van der Waals surface area (Å²) in [5.41, 5.74) is 3.11. The minimum absolute atomic E-state index is 0.215. The number of halogens is 1. The minimum Gasteiger partial charge on any atom is -0.418 e. The topological polar surface area (TPSA) is 119 Å². The predicted octanol–water partition coefficient (Wildman–Crippen LogP) is 4.62. The number of nitriles is 2. The maximum absolute atomic E-state index is 10.4. The highest BCUT2D eigenvalue weighted by Crippen LogP contribution is 2.33. The molecule has 152 valence electrons. The van der Waals surface area contributed by atoms with Crippen molar-refractivity contribution in [3.63, 3.8) is 0 Å². The average Bonchev–Trinajstić information content (AvgIpc) is 3.24. The number of rotatable bonds is 7.